The van der Waals surface area contributed by atoms with E-state index in [2.05, 4.69) is 4.98 Å². The fraction of sp³-hybridized carbons (Fsp3) is 0.400. The lowest BCUT2D eigenvalue weighted by Gasteiger charge is -2.14. The molecule has 15 heavy (non-hydrogen) atoms. The van der Waals surface area contributed by atoms with Gasteiger partial charge in [0.1, 0.15) is 11.6 Å². The Bertz CT molecular complexity index is 363. The van der Waals surface area contributed by atoms with Gasteiger partial charge in [0, 0.05) is 19.0 Å². The summed E-state index contributed by atoms with van der Waals surface area (Å²) in [4.78, 5) is 17.3. The van der Waals surface area contributed by atoms with E-state index in [1.54, 1.807) is 30.3 Å². The van der Waals surface area contributed by atoms with Crippen LogP contribution in [0.5, 0.6) is 5.75 Å². The number of anilines is 1. The highest BCUT2D eigenvalue weighted by molar-refractivity contribution is 5.95. The van der Waals surface area contributed by atoms with Gasteiger partial charge in [0.15, 0.2) is 0 Å². The van der Waals surface area contributed by atoms with E-state index in [-0.39, 0.29) is 11.9 Å². The van der Waals surface area contributed by atoms with Gasteiger partial charge in [-0.1, -0.05) is 0 Å². The molecule has 1 atom stereocenters. The van der Waals surface area contributed by atoms with Crippen LogP contribution in [0.4, 0.5) is 5.82 Å². The number of carbonyl (C=O) groups excluding carboxylic acids is 1. The summed E-state index contributed by atoms with van der Waals surface area (Å²) in [7, 11) is 1.58. The number of ether oxygens (including phenoxy) is 1. The topological polar surface area (TPSA) is 68.5 Å². The van der Waals surface area contributed by atoms with Crippen molar-refractivity contribution in [3.05, 3.63) is 18.3 Å². The highest BCUT2D eigenvalue weighted by Crippen LogP contribution is 2.20. The van der Waals surface area contributed by atoms with Crippen LogP contribution in [0, 0.1) is 0 Å². The number of rotatable bonds is 2. The van der Waals surface area contributed by atoms with Gasteiger partial charge in [-0.25, -0.2) is 4.98 Å². The Hall–Kier alpha value is -1.62. The molecule has 1 amide bonds. The summed E-state index contributed by atoms with van der Waals surface area (Å²) >= 11 is 0. The predicted molar refractivity (Wildman–Crippen MR) is 55.7 cm³/mol. The van der Waals surface area contributed by atoms with Crippen LogP contribution < -0.4 is 15.4 Å². The number of nitrogens with two attached hydrogens (primary N) is 1. The minimum absolute atomic E-state index is 0.0279. The summed E-state index contributed by atoms with van der Waals surface area (Å²) in [5, 5.41) is 0. The van der Waals surface area contributed by atoms with E-state index in [1.165, 1.54) is 0 Å². The predicted octanol–water partition coefficient (Wildman–Crippen LogP) is 0.154. The number of amides is 1. The lowest BCUT2D eigenvalue weighted by Crippen LogP contribution is -2.28. The molecule has 0 spiro atoms. The SMILES string of the molecule is COc1ccc(N2CC(N)CC2=O)nc1. The molecule has 0 aromatic carbocycles. The number of methoxy groups -OCH3 is 1. The van der Waals surface area contributed by atoms with Crippen molar-refractivity contribution in [2.75, 3.05) is 18.6 Å². The zero-order valence-electron chi connectivity index (χ0n) is 8.51. The smallest absolute Gasteiger partial charge is 0.229 e. The second-order valence-electron chi connectivity index (χ2n) is 3.52. The van der Waals surface area contributed by atoms with Crippen LogP contribution in [0.15, 0.2) is 18.3 Å². The maximum Gasteiger partial charge on any atom is 0.229 e. The minimum atomic E-state index is -0.0820. The number of nitrogens with zero attached hydrogens (tertiary/aromatic N) is 2. The summed E-state index contributed by atoms with van der Waals surface area (Å²) in [5.41, 5.74) is 5.69. The first kappa shape index (κ1) is 9.92. The molecule has 0 radical (unpaired) electrons. The van der Waals surface area contributed by atoms with E-state index in [0.29, 0.717) is 24.5 Å². The van der Waals surface area contributed by atoms with Crippen molar-refractivity contribution in [3.63, 3.8) is 0 Å². The molecule has 0 aliphatic carbocycles. The third kappa shape index (κ3) is 1.92. The second kappa shape index (κ2) is 3.86. The van der Waals surface area contributed by atoms with Gasteiger partial charge in [0.2, 0.25) is 5.91 Å². The molecule has 5 nitrogen and oxygen atoms in total. The molecule has 2 heterocycles. The molecule has 2 rings (SSSR count). The van der Waals surface area contributed by atoms with Crippen LogP contribution in [0.3, 0.4) is 0 Å². The van der Waals surface area contributed by atoms with Crippen molar-refractivity contribution in [2.45, 2.75) is 12.5 Å². The molecule has 1 aliphatic rings. The Morgan fingerprint density at radius 3 is 2.87 bits per heavy atom. The van der Waals surface area contributed by atoms with Crippen molar-refractivity contribution in [3.8, 4) is 5.75 Å². The number of carbonyl (C=O) groups is 1. The monoisotopic (exact) mass is 207 g/mol. The molecule has 1 unspecified atom stereocenters. The minimum Gasteiger partial charge on any atom is -0.495 e. The number of hydrogen-bond donors (Lipinski definition) is 1. The maximum atomic E-state index is 11.5. The third-order valence-electron chi connectivity index (χ3n) is 2.39. The van der Waals surface area contributed by atoms with Gasteiger partial charge in [-0.15, -0.1) is 0 Å². The fourth-order valence-electron chi connectivity index (χ4n) is 1.61. The third-order valence-corrected chi connectivity index (χ3v) is 2.39. The largest absolute Gasteiger partial charge is 0.495 e. The average molecular weight is 207 g/mol. The Balaban J connectivity index is 2.19. The average Bonchev–Trinajstić information content (AvgIpc) is 2.58. The molecule has 0 saturated carbocycles. The molecule has 1 fully saturated rings. The molecule has 80 valence electrons. The van der Waals surface area contributed by atoms with Gasteiger partial charge < -0.3 is 10.5 Å². The number of pyridine rings is 1. The number of hydrogen-bond acceptors (Lipinski definition) is 4. The van der Waals surface area contributed by atoms with Crippen molar-refractivity contribution >= 4 is 11.7 Å². The van der Waals surface area contributed by atoms with Crippen molar-refractivity contribution in [1.82, 2.24) is 4.98 Å². The zero-order chi connectivity index (χ0) is 10.8. The first-order valence-corrected chi connectivity index (χ1v) is 4.76. The van der Waals surface area contributed by atoms with Gasteiger partial charge in [0.25, 0.3) is 0 Å². The van der Waals surface area contributed by atoms with Crippen LogP contribution in [-0.4, -0.2) is 30.6 Å². The van der Waals surface area contributed by atoms with Crippen LogP contribution in [0.25, 0.3) is 0 Å². The summed E-state index contributed by atoms with van der Waals surface area (Å²) in [6.45, 7) is 0.540. The Labute approximate surface area is 87.8 Å². The van der Waals surface area contributed by atoms with Gasteiger partial charge >= 0.3 is 0 Å². The molecule has 0 bridgehead atoms. The Kier molecular flexibility index (Phi) is 2.55. The van der Waals surface area contributed by atoms with Crippen LogP contribution in [0.2, 0.25) is 0 Å². The lowest BCUT2D eigenvalue weighted by molar-refractivity contribution is -0.117. The van der Waals surface area contributed by atoms with Gasteiger partial charge in [-0.3, -0.25) is 9.69 Å². The molecule has 1 aromatic rings. The summed E-state index contributed by atoms with van der Waals surface area (Å²) in [6.07, 6.45) is 1.99. The summed E-state index contributed by atoms with van der Waals surface area (Å²) in [5.74, 6) is 1.34. The van der Waals surface area contributed by atoms with Crippen LogP contribution in [0.1, 0.15) is 6.42 Å². The van der Waals surface area contributed by atoms with E-state index >= 15 is 0 Å². The molecular weight excluding hydrogens is 194 g/mol. The molecular formula is C10H13N3O2. The van der Waals surface area contributed by atoms with E-state index in [1.807, 2.05) is 0 Å². The van der Waals surface area contributed by atoms with Gasteiger partial charge in [0.05, 0.1) is 13.3 Å². The van der Waals surface area contributed by atoms with E-state index in [9.17, 15) is 4.79 Å². The molecule has 1 aromatic heterocycles. The second-order valence-corrected chi connectivity index (χ2v) is 3.52. The first-order valence-electron chi connectivity index (χ1n) is 4.76. The van der Waals surface area contributed by atoms with Gasteiger partial charge in [-0.05, 0) is 12.1 Å². The normalized spacial score (nSPS) is 20.8. The maximum absolute atomic E-state index is 11.5. The molecule has 1 aliphatic heterocycles. The van der Waals surface area contributed by atoms with Crippen LogP contribution >= 0.6 is 0 Å². The lowest BCUT2D eigenvalue weighted by atomic mass is 10.3. The Morgan fingerprint density at radius 2 is 2.40 bits per heavy atom. The Morgan fingerprint density at radius 1 is 1.60 bits per heavy atom. The van der Waals surface area contributed by atoms with E-state index in [0.717, 1.165) is 0 Å². The quantitative estimate of drug-likeness (QED) is 0.749. The van der Waals surface area contributed by atoms with E-state index in [4.69, 9.17) is 10.5 Å². The highest BCUT2D eigenvalue weighted by atomic mass is 16.5. The van der Waals surface area contributed by atoms with Crippen molar-refractivity contribution < 1.29 is 9.53 Å². The first-order chi connectivity index (χ1) is 7.20. The van der Waals surface area contributed by atoms with Crippen molar-refractivity contribution in [1.29, 1.82) is 0 Å². The summed E-state index contributed by atoms with van der Waals surface area (Å²) < 4.78 is 4.99. The molecule has 5 heteroatoms. The molecule has 1 saturated heterocycles. The standard InChI is InChI=1S/C10H13N3O2/c1-15-8-2-3-9(12-5-8)13-6-7(11)4-10(13)14/h2-3,5,7H,4,6,11H2,1H3. The summed E-state index contributed by atoms with van der Waals surface area (Å²) in [6, 6.07) is 3.45. The zero-order valence-corrected chi connectivity index (χ0v) is 8.51. The van der Waals surface area contributed by atoms with Crippen LogP contribution in [-0.2, 0) is 4.79 Å². The fourth-order valence-corrected chi connectivity index (χ4v) is 1.61. The van der Waals surface area contributed by atoms with E-state index < -0.39 is 0 Å². The van der Waals surface area contributed by atoms with Crippen molar-refractivity contribution in [2.24, 2.45) is 5.73 Å². The van der Waals surface area contributed by atoms with Gasteiger partial charge in [-0.2, -0.15) is 0 Å². The highest BCUT2D eigenvalue weighted by Gasteiger charge is 2.28. The number of aromatic nitrogens is 1. The molecule has 2 N–H and O–H groups in total.